The zero-order chi connectivity index (χ0) is 36.4. The number of sulfone groups is 1. The van der Waals surface area contributed by atoms with Gasteiger partial charge in [-0.15, -0.1) is 10.2 Å². The molecule has 17 nitrogen and oxygen atoms in total. The molecule has 0 aliphatic carbocycles. The molecule has 1 aromatic heterocycles. The van der Waals surface area contributed by atoms with E-state index in [2.05, 4.69) is 43.4 Å². The van der Waals surface area contributed by atoms with Crippen LogP contribution in [0.4, 0.5) is 34.4 Å². The first kappa shape index (κ1) is 38.8. The molecule has 0 unspecified atom stereocenters. The first-order valence-corrected chi connectivity index (χ1v) is 19.0. The number of nitriles is 1. The summed E-state index contributed by atoms with van der Waals surface area (Å²) in [4.78, 5) is 5.00. The van der Waals surface area contributed by atoms with Gasteiger partial charge in [0.05, 0.1) is 27.6 Å². The summed E-state index contributed by atoms with van der Waals surface area (Å²) >= 11 is 0. The van der Waals surface area contributed by atoms with Gasteiger partial charge in [-0.1, -0.05) is 6.58 Å². The molecule has 0 bridgehead atoms. The van der Waals surface area contributed by atoms with Gasteiger partial charge in [-0.3, -0.25) is 9.11 Å². The topological polar surface area (TPSA) is 253 Å². The molecule has 0 spiro atoms. The fourth-order valence-corrected chi connectivity index (χ4v) is 5.88. The van der Waals surface area contributed by atoms with Gasteiger partial charge in [0.1, 0.15) is 28.2 Å². The second-order valence-electron chi connectivity index (χ2n) is 10.2. The molecule has 0 saturated heterocycles. The van der Waals surface area contributed by atoms with E-state index in [0.29, 0.717) is 31.7 Å². The van der Waals surface area contributed by atoms with Crippen molar-refractivity contribution >= 4 is 64.5 Å². The third-order valence-electron chi connectivity index (χ3n) is 6.69. The number of benzene rings is 2. The second kappa shape index (κ2) is 16.6. The van der Waals surface area contributed by atoms with Gasteiger partial charge < -0.3 is 15.0 Å². The molecule has 0 saturated carbocycles. The third-order valence-corrected chi connectivity index (χ3v) is 9.70. The number of hydrogen-bond donors (Lipinski definition) is 3. The molecule has 0 amide bonds. The molecule has 0 aliphatic heterocycles. The van der Waals surface area contributed by atoms with E-state index in [1.807, 2.05) is 6.92 Å². The molecule has 262 valence electrons. The highest BCUT2D eigenvalue weighted by Gasteiger charge is 2.22. The SMILES string of the molecule is C=CS(=O)(=O)CCN(C)c1nc(NCCCOCC)c(C#N)c(C)c1N=Nc1ccc(N=Nc2ccc(S(=O)(=O)O)cc2)cc1S(=O)(=O)O. The summed E-state index contributed by atoms with van der Waals surface area (Å²) in [5.41, 5.74) is 0.299. The van der Waals surface area contributed by atoms with E-state index in [0.717, 1.165) is 23.6 Å². The molecule has 0 aliphatic rings. The van der Waals surface area contributed by atoms with Gasteiger partial charge in [0.2, 0.25) is 0 Å². The normalized spacial score (nSPS) is 12.3. The predicted octanol–water partition coefficient (Wildman–Crippen LogP) is 5.42. The summed E-state index contributed by atoms with van der Waals surface area (Å²) in [5, 5.41) is 30.0. The van der Waals surface area contributed by atoms with Crippen molar-refractivity contribution in [1.82, 2.24) is 4.98 Å². The molecule has 3 rings (SSSR count). The van der Waals surface area contributed by atoms with Gasteiger partial charge >= 0.3 is 0 Å². The third kappa shape index (κ3) is 10.9. The number of nitrogens with one attached hydrogen (secondary N) is 1. The van der Waals surface area contributed by atoms with Crippen molar-refractivity contribution in [2.75, 3.05) is 49.3 Å². The molecule has 20 heteroatoms. The molecule has 3 N–H and O–H groups in total. The van der Waals surface area contributed by atoms with E-state index in [4.69, 9.17) is 9.29 Å². The van der Waals surface area contributed by atoms with E-state index in [1.54, 1.807) is 14.0 Å². The molecule has 3 aromatic rings. The minimum atomic E-state index is -4.89. The molecular weight excluding hydrogens is 701 g/mol. The lowest BCUT2D eigenvalue weighted by atomic mass is 10.1. The summed E-state index contributed by atoms with van der Waals surface area (Å²) in [7, 11) is -11.3. The van der Waals surface area contributed by atoms with Crippen molar-refractivity contribution in [3.05, 3.63) is 65.6 Å². The lowest BCUT2D eigenvalue weighted by molar-refractivity contribution is 0.147. The van der Waals surface area contributed by atoms with Crippen LogP contribution >= 0.6 is 0 Å². The largest absolute Gasteiger partial charge is 0.382 e. The van der Waals surface area contributed by atoms with Gasteiger partial charge in [0.15, 0.2) is 15.7 Å². The van der Waals surface area contributed by atoms with E-state index in [-0.39, 0.29) is 57.1 Å². The number of nitrogens with zero attached hydrogens (tertiary/aromatic N) is 7. The van der Waals surface area contributed by atoms with E-state index < -0.39 is 35.0 Å². The quantitative estimate of drug-likeness (QED) is 0.0891. The van der Waals surface area contributed by atoms with Crippen molar-refractivity contribution in [2.24, 2.45) is 20.5 Å². The Hall–Kier alpha value is -4.65. The van der Waals surface area contributed by atoms with Crippen LogP contribution in [0, 0.1) is 18.3 Å². The van der Waals surface area contributed by atoms with Crippen LogP contribution in [-0.2, 0) is 34.8 Å². The van der Waals surface area contributed by atoms with Crippen LogP contribution in [0.3, 0.4) is 0 Å². The fraction of sp³-hybridized carbons (Fsp3) is 0.310. The fourth-order valence-electron chi connectivity index (χ4n) is 4.07. The van der Waals surface area contributed by atoms with Crippen molar-refractivity contribution in [3.8, 4) is 6.07 Å². The number of aromatic nitrogens is 1. The van der Waals surface area contributed by atoms with Crippen molar-refractivity contribution in [2.45, 2.75) is 30.1 Å². The number of rotatable bonds is 17. The predicted molar refractivity (Wildman–Crippen MR) is 181 cm³/mol. The zero-order valence-corrected chi connectivity index (χ0v) is 29.1. The van der Waals surface area contributed by atoms with Gasteiger partial charge in [-0.25, -0.2) is 13.4 Å². The molecule has 49 heavy (non-hydrogen) atoms. The molecule has 0 atom stereocenters. The lowest BCUT2D eigenvalue weighted by Gasteiger charge is -2.22. The van der Waals surface area contributed by atoms with Crippen LogP contribution in [0.1, 0.15) is 24.5 Å². The number of pyridine rings is 1. The molecule has 0 fully saturated rings. The van der Waals surface area contributed by atoms with Crippen LogP contribution < -0.4 is 10.2 Å². The highest BCUT2D eigenvalue weighted by molar-refractivity contribution is 7.94. The number of ether oxygens (including phenoxy) is 1. The molecule has 2 aromatic carbocycles. The minimum absolute atomic E-state index is 0.0290. The molecule has 1 heterocycles. The summed E-state index contributed by atoms with van der Waals surface area (Å²) in [6.45, 7) is 8.15. The van der Waals surface area contributed by atoms with Gasteiger partial charge in [-0.05, 0) is 62.7 Å². The van der Waals surface area contributed by atoms with E-state index >= 15 is 0 Å². The maximum absolute atomic E-state index is 12.3. The Labute approximate surface area is 284 Å². The average molecular weight is 735 g/mol. The number of hydrogen-bond acceptors (Lipinski definition) is 15. The Bertz CT molecular complexity index is 2110. The number of anilines is 2. The second-order valence-corrected chi connectivity index (χ2v) is 15.1. The smallest absolute Gasteiger partial charge is 0.296 e. The monoisotopic (exact) mass is 734 g/mol. The van der Waals surface area contributed by atoms with Gasteiger partial charge in [-0.2, -0.15) is 32.3 Å². The van der Waals surface area contributed by atoms with Crippen LogP contribution in [0.25, 0.3) is 0 Å². The summed E-state index contributed by atoms with van der Waals surface area (Å²) in [6, 6.07) is 10.3. The highest BCUT2D eigenvalue weighted by Crippen LogP contribution is 2.38. The number of azo groups is 2. The Balaban J connectivity index is 2.06. The standard InChI is InChI=1S/C29H34N8O9S3/c1-5-46-16-7-14-31-28-24(19-30)20(3)27(29(32-28)37(4)15-17-47(38,39)6-2)36-35-25-13-10-22(18-26(25)49(43,44)45)34-33-21-8-11-23(12-9-21)48(40,41)42/h6,8-13,18H,2,5,7,14-17H2,1,3-4H3,(H,31,32)(H,40,41,42)(H,43,44,45). The summed E-state index contributed by atoms with van der Waals surface area (Å²) < 4.78 is 95.9. The Morgan fingerprint density at radius 3 is 2.24 bits per heavy atom. The van der Waals surface area contributed by atoms with Gasteiger partial charge in [0.25, 0.3) is 20.2 Å². The molecular formula is C29H34N8O9S3. The van der Waals surface area contributed by atoms with Crippen LogP contribution in [0.5, 0.6) is 0 Å². The first-order valence-electron chi connectivity index (χ1n) is 14.4. The molecule has 0 radical (unpaired) electrons. The first-order chi connectivity index (χ1) is 23.0. The maximum atomic E-state index is 12.3. The Kier molecular flexibility index (Phi) is 13.2. The zero-order valence-electron chi connectivity index (χ0n) is 26.7. The van der Waals surface area contributed by atoms with Crippen molar-refractivity contribution < 1.29 is 39.1 Å². The summed E-state index contributed by atoms with van der Waals surface area (Å²) in [5.74, 6) is 0.0326. The maximum Gasteiger partial charge on any atom is 0.296 e. The van der Waals surface area contributed by atoms with Crippen molar-refractivity contribution in [1.29, 1.82) is 5.26 Å². The highest BCUT2D eigenvalue weighted by atomic mass is 32.2. The lowest BCUT2D eigenvalue weighted by Crippen LogP contribution is -2.26. The van der Waals surface area contributed by atoms with E-state index in [9.17, 15) is 35.1 Å². The Morgan fingerprint density at radius 1 is 1.00 bits per heavy atom. The van der Waals surface area contributed by atoms with E-state index in [1.165, 1.54) is 29.2 Å². The minimum Gasteiger partial charge on any atom is -0.382 e. The van der Waals surface area contributed by atoms with Crippen molar-refractivity contribution in [3.63, 3.8) is 0 Å². The average Bonchev–Trinajstić information content (AvgIpc) is 3.05. The van der Waals surface area contributed by atoms with Crippen LogP contribution in [0.2, 0.25) is 0 Å². The van der Waals surface area contributed by atoms with Gasteiger partial charge in [0, 0.05) is 44.3 Å². The Morgan fingerprint density at radius 2 is 1.65 bits per heavy atom. The van der Waals surface area contributed by atoms with Crippen LogP contribution in [0.15, 0.2) is 84.7 Å². The summed E-state index contributed by atoms with van der Waals surface area (Å²) in [6.07, 6.45) is 0.609. The van der Waals surface area contributed by atoms with Crippen LogP contribution in [-0.4, -0.2) is 78.4 Å².